The van der Waals surface area contributed by atoms with Gasteiger partial charge in [-0.25, -0.2) is 0 Å². The van der Waals surface area contributed by atoms with Crippen LogP contribution in [-0.4, -0.2) is 60.4 Å². The van der Waals surface area contributed by atoms with Crippen LogP contribution in [0.4, 0.5) is 0 Å². The molecule has 2 amide bonds. The molecule has 128 valence electrons. The van der Waals surface area contributed by atoms with E-state index >= 15 is 0 Å². The summed E-state index contributed by atoms with van der Waals surface area (Å²) in [5, 5.41) is 3.31. The van der Waals surface area contributed by atoms with Crippen molar-refractivity contribution in [2.75, 3.05) is 32.7 Å². The first-order chi connectivity index (χ1) is 10.6. The van der Waals surface area contributed by atoms with Crippen LogP contribution < -0.4 is 5.32 Å². The summed E-state index contributed by atoms with van der Waals surface area (Å²) in [6.07, 6.45) is 3.22. The molecule has 3 heterocycles. The minimum atomic E-state index is -0.0176. The highest BCUT2D eigenvalue weighted by Gasteiger charge is 2.30. The number of hydrogen-bond donors (Lipinski definition) is 1. The predicted molar refractivity (Wildman–Crippen MR) is 94.4 cm³/mol. The van der Waals surface area contributed by atoms with Crippen LogP contribution in [0.25, 0.3) is 0 Å². The van der Waals surface area contributed by atoms with Gasteiger partial charge in [0, 0.05) is 31.1 Å². The van der Waals surface area contributed by atoms with Gasteiger partial charge in [0.15, 0.2) is 0 Å². The molecule has 23 heavy (non-hydrogen) atoms. The van der Waals surface area contributed by atoms with Gasteiger partial charge < -0.3 is 15.1 Å². The van der Waals surface area contributed by atoms with Crippen molar-refractivity contribution in [2.24, 2.45) is 0 Å². The van der Waals surface area contributed by atoms with E-state index in [1.54, 1.807) is 0 Å². The van der Waals surface area contributed by atoms with E-state index in [4.69, 9.17) is 0 Å². The monoisotopic (exact) mass is 357 g/mol. The molecule has 0 radical (unpaired) electrons. The fraction of sp³-hybridized carbons (Fsp3) is 0.625. The molecule has 2 aliphatic rings. The van der Waals surface area contributed by atoms with Crippen molar-refractivity contribution in [2.45, 2.75) is 32.2 Å². The second-order valence-corrected chi connectivity index (χ2v) is 7.32. The molecule has 0 aromatic carbocycles. The summed E-state index contributed by atoms with van der Waals surface area (Å²) < 4.78 is 0. The van der Waals surface area contributed by atoms with Crippen LogP contribution >= 0.6 is 23.7 Å². The molecule has 2 saturated heterocycles. The maximum absolute atomic E-state index is 12.5. The van der Waals surface area contributed by atoms with E-state index in [-0.39, 0.29) is 30.3 Å². The average molecular weight is 358 g/mol. The third-order valence-corrected chi connectivity index (χ3v) is 5.43. The van der Waals surface area contributed by atoms with Crippen molar-refractivity contribution in [3.05, 3.63) is 21.9 Å². The van der Waals surface area contributed by atoms with Crippen LogP contribution in [0.5, 0.6) is 0 Å². The van der Waals surface area contributed by atoms with E-state index in [1.165, 1.54) is 11.3 Å². The van der Waals surface area contributed by atoms with Crippen molar-refractivity contribution in [1.82, 2.24) is 15.1 Å². The molecule has 1 aromatic rings. The summed E-state index contributed by atoms with van der Waals surface area (Å²) in [5.41, 5.74) is 0. The lowest BCUT2D eigenvalue weighted by atomic mass is 10.0. The molecule has 1 N–H and O–H groups in total. The van der Waals surface area contributed by atoms with Gasteiger partial charge in [-0.05, 0) is 38.4 Å². The van der Waals surface area contributed by atoms with Crippen molar-refractivity contribution in [3.63, 3.8) is 0 Å². The largest absolute Gasteiger partial charge is 0.338 e. The Morgan fingerprint density at radius 1 is 1.13 bits per heavy atom. The number of aryl methyl sites for hydroxylation is 1. The molecule has 3 rings (SSSR count). The minimum absolute atomic E-state index is 0. The van der Waals surface area contributed by atoms with E-state index < -0.39 is 0 Å². The predicted octanol–water partition coefficient (Wildman–Crippen LogP) is 1.90. The van der Waals surface area contributed by atoms with Crippen molar-refractivity contribution < 1.29 is 9.59 Å². The van der Waals surface area contributed by atoms with Gasteiger partial charge in [0.05, 0.1) is 10.9 Å². The van der Waals surface area contributed by atoms with Crippen LogP contribution in [-0.2, 0) is 4.79 Å². The molecule has 2 aliphatic heterocycles. The van der Waals surface area contributed by atoms with E-state index in [1.807, 2.05) is 28.9 Å². The Morgan fingerprint density at radius 2 is 1.83 bits per heavy atom. The summed E-state index contributed by atoms with van der Waals surface area (Å²) in [4.78, 5) is 30.6. The fourth-order valence-corrected chi connectivity index (χ4v) is 3.95. The zero-order valence-corrected chi connectivity index (χ0v) is 15.0. The smallest absolute Gasteiger partial charge is 0.264 e. The van der Waals surface area contributed by atoms with Crippen LogP contribution in [0.2, 0.25) is 0 Å². The van der Waals surface area contributed by atoms with Gasteiger partial charge in [-0.2, -0.15) is 0 Å². The number of nitrogens with zero attached hydrogens (tertiary/aromatic N) is 2. The van der Waals surface area contributed by atoms with Crippen molar-refractivity contribution in [1.29, 1.82) is 0 Å². The van der Waals surface area contributed by atoms with Crippen molar-refractivity contribution in [3.8, 4) is 0 Å². The lowest BCUT2D eigenvalue weighted by molar-refractivity contribution is -0.135. The van der Waals surface area contributed by atoms with Gasteiger partial charge in [0.1, 0.15) is 0 Å². The third kappa shape index (κ3) is 4.25. The second kappa shape index (κ2) is 8.13. The molecule has 1 unspecified atom stereocenters. The highest BCUT2D eigenvalue weighted by Crippen LogP contribution is 2.19. The van der Waals surface area contributed by atoms with Crippen LogP contribution in [0.15, 0.2) is 12.1 Å². The summed E-state index contributed by atoms with van der Waals surface area (Å²) in [5.74, 6) is 0.305. The van der Waals surface area contributed by atoms with Gasteiger partial charge in [-0.15, -0.1) is 23.7 Å². The van der Waals surface area contributed by atoms with Crippen LogP contribution in [0.3, 0.4) is 0 Å². The number of halogens is 1. The maximum Gasteiger partial charge on any atom is 0.264 e. The first-order valence-corrected chi connectivity index (χ1v) is 8.84. The average Bonchev–Trinajstić information content (AvgIpc) is 3.01. The standard InChI is InChI=1S/C16H23N3O2S.ClH/c1-12-5-6-14(22-12)16(21)19-10-8-18(9-11-19)15(20)13-4-2-3-7-17-13;/h5-6,13,17H,2-4,7-11H2,1H3;1H. The Hall–Kier alpha value is -1.11. The molecule has 1 aromatic heterocycles. The molecular formula is C16H24ClN3O2S. The zero-order valence-electron chi connectivity index (χ0n) is 13.4. The number of piperazine rings is 1. The molecule has 0 bridgehead atoms. The van der Waals surface area contributed by atoms with Crippen LogP contribution in [0.1, 0.15) is 33.8 Å². The first kappa shape index (κ1) is 18.2. The molecule has 1 atom stereocenters. The van der Waals surface area contributed by atoms with E-state index in [0.29, 0.717) is 26.2 Å². The van der Waals surface area contributed by atoms with Gasteiger partial charge in [0.2, 0.25) is 5.91 Å². The number of hydrogen-bond acceptors (Lipinski definition) is 4. The van der Waals surface area contributed by atoms with Crippen LogP contribution in [0, 0.1) is 6.92 Å². The lowest BCUT2D eigenvalue weighted by Crippen LogP contribution is -2.55. The Morgan fingerprint density at radius 3 is 2.39 bits per heavy atom. The Kier molecular flexibility index (Phi) is 6.44. The maximum atomic E-state index is 12.5. The van der Waals surface area contributed by atoms with E-state index in [0.717, 1.165) is 35.6 Å². The number of amides is 2. The molecule has 0 aliphatic carbocycles. The number of carbonyl (C=O) groups is 2. The minimum Gasteiger partial charge on any atom is -0.338 e. The number of rotatable bonds is 2. The Bertz CT molecular complexity index is 549. The third-order valence-electron chi connectivity index (χ3n) is 4.44. The summed E-state index contributed by atoms with van der Waals surface area (Å²) in [7, 11) is 0. The van der Waals surface area contributed by atoms with Crippen molar-refractivity contribution >= 4 is 35.6 Å². The fourth-order valence-electron chi connectivity index (χ4n) is 3.12. The first-order valence-electron chi connectivity index (χ1n) is 8.03. The number of nitrogens with one attached hydrogen (secondary N) is 1. The van der Waals surface area contributed by atoms with E-state index in [9.17, 15) is 9.59 Å². The summed E-state index contributed by atoms with van der Waals surface area (Å²) in [6, 6.07) is 3.86. The molecule has 5 nitrogen and oxygen atoms in total. The Labute approximate surface area is 147 Å². The summed E-state index contributed by atoms with van der Waals surface area (Å²) >= 11 is 1.54. The van der Waals surface area contributed by atoms with Gasteiger partial charge in [0.25, 0.3) is 5.91 Å². The highest BCUT2D eigenvalue weighted by atomic mass is 35.5. The quantitative estimate of drug-likeness (QED) is 0.879. The highest BCUT2D eigenvalue weighted by molar-refractivity contribution is 7.13. The number of thiophene rings is 1. The molecule has 2 fully saturated rings. The molecule has 0 saturated carbocycles. The van der Waals surface area contributed by atoms with Gasteiger partial charge >= 0.3 is 0 Å². The van der Waals surface area contributed by atoms with Gasteiger partial charge in [-0.1, -0.05) is 6.42 Å². The molecule has 7 heteroatoms. The second-order valence-electron chi connectivity index (χ2n) is 6.03. The van der Waals surface area contributed by atoms with E-state index in [2.05, 4.69) is 5.32 Å². The SMILES string of the molecule is Cc1ccc(C(=O)N2CCN(C(=O)C3CCCCN3)CC2)s1.Cl. The topological polar surface area (TPSA) is 52.7 Å². The number of piperidine rings is 1. The summed E-state index contributed by atoms with van der Waals surface area (Å²) in [6.45, 7) is 5.50. The normalized spacial score (nSPS) is 21.7. The Balaban J connectivity index is 0.00000192. The van der Waals surface area contributed by atoms with Gasteiger partial charge in [-0.3, -0.25) is 9.59 Å². The molecular weight excluding hydrogens is 334 g/mol. The zero-order chi connectivity index (χ0) is 15.5. The lowest BCUT2D eigenvalue weighted by Gasteiger charge is -2.37. The number of carbonyl (C=O) groups excluding carboxylic acids is 2. The molecule has 0 spiro atoms.